The Labute approximate surface area is 111 Å². The smallest absolute Gasteiger partial charge is 0.0363 e. The van der Waals surface area contributed by atoms with Gasteiger partial charge >= 0.3 is 0 Å². The van der Waals surface area contributed by atoms with Crippen molar-refractivity contribution in [3.63, 3.8) is 0 Å². The van der Waals surface area contributed by atoms with Gasteiger partial charge in [0.2, 0.25) is 0 Å². The van der Waals surface area contributed by atoms with Gasteiger partial charge in [-0.05, 0) is 55.2 Å². The molecule has 3 rings (SSSR count). The van der Waals surface area contributed by atoms with Crippen molar-refractivity contribution in [3.05, 3.63) is 34.9 Å². The lowest BCUT2D eigenvalue weighted by atomic mass is 9.75. The van der Waals surface area contributed by atoms with Crippen molar-refractivity contribution in [1.29, 1.82) is 0 Å². The van der Waals surface area contributed by atoms with Crippen LogP contribution in [-0.2, 0) is 0 Å². The van der Waals surface area contributed by atoms with Gasteiger partial charge in [-0.25, -0.2) is 0 Å². The van der Waals surface area contributed by atoms with Crippen LogP contribution in [0.25, 0.3) is 0 Å². The Kier molecular flexibility index (Phi) is 3.69. The van der Waals surface area contributed by atoms with Crippen LogP contribution >= 0.6 is 0 Å². The minimum absolute atomic E-state index is 0.605. The van der Waals surface area contributed by atoms with Gasteiger partial charge in [0.1, 0.15) is 0 Å². The fourth-order valence-electron chi connectivity index (χ4n) is 3.74. The number of hydrogen-bond donors (Lipinski definition) is 1. The molecule has 2 unspecified atom stereocenters. The predicted octanol–water partition coefficient (Wildman–Crippen LogP) is 4.27. The molecule has 0 aromatic heterocycles. The van der Waals surface area contributed by atoms with E-state index in [0.29, 0.717) is 12.1 Å². The molecule has 0 aromatic carbocycles. The zero-order valence-corrected chi connectivity index (χ0v) is 11.5. The van der Waals surface area contributed by atoms with Crippen LogP contribution in [0.1, 0.15) is 58.3 Å². The van der Waals surface area contributed by atoms with Crippen molar-refractivity contribution in [2.75, 3.05) is 0 Å². The Morgan fingerprint density at radius 2 is 2.22 bits per heavy atom. The number of nitrogens with one attached hydrogen (secondary N) is 1. The number of fused-ring (bicyclic) bond motifs is 2. The lowest BCUT2D eigenvalue weighted by Crippen LogP contribution is -2.46. The quantitative estimate of drug-likeness (QED) is 0.780. The van der Waals surface area contributed by atoms with Gasteiger partial charge in [0, 0.05) is 12.1 Å². The topological polar surface area (TPSA) is 12.0 Å². The Hall–Kier alpha value is -0.820. The second-order valence-electron chi connectivity index (χ2n) is 5.91. The van der Waals surface area contributed by atoms with Gasteiger partial charge in [-0.1, -0.05) is 38.0 Å². The molecule has 18 heavy (non-hydrogen) atoms. The molecule has 0 bridgehead atoms. The Balaban J connectivity index is 1.94. The molecule has 1 aliphatic heterocycles. The first kappa shape index (κ1) is 12.2. The van der Waals surface area contributed by atoms with Crippen LogP contribution in [0.15, 0.2) is 34.9 Å². The largest absolute Gasteiger partial charge is 0.303 e. The number of allylic oxidation sites excluding steroid dienone is 2. The van der Waals surface area contributed by atoms with E-state index in [9.17, 15) is 0 Å². The summed E-state index contributed by atoms with van der Waals surface area (Å²) in [6.07, 6.45) is 17.6. The molecule has 0 aromatic rings. The summed E-state index contributed by atoms with van der Waals surface area (Å²) in [6, 6.07) is 1.30. The fourth-order valence-corrected chi connectivity index (χ4v) is 3.74. The second kappa shape index (κ2) is 5.44. The maximum Gasteiger partial charge on any atom is 0.0363 e. The second-order valence-corrected chi connectivity index (χ2v) is 5.91. The van der Waals surface area contributed by atoms with Gasteiger partial charge in [0.15, 0.2) is 0 Å². The minimum atomic E-state index is 0.605. The van der Waals surface area contributed by atoms with Crippen LogP contribution < -0.4 is 5.32 Å². The highest BCUT2D eigenvalue weighted by atomic mass is 15.0. The molecule has 0 saturated heterocycles. The van der Waals surface area contributed by atoms with Gasteiger partial charge in [-0.2, -0.15) is 0 Å². The summed E-state index contributed by atoms with van der Waals surface area (Å²) in [7, 11) is 0. The van der Waals surface area contributed by atoms with E-state index in [4.69, 9.17) is 0 Å². The highest BCUT2D eigenvalue weighted by molar-refractivity contribution is 5.48. The summed E-state index contributed by atoms with van der Waals surface area (Å²) in [5, 5.41) is 3.89. The van der Waals surface area contributed by atoms with E-state index in [1.807, 2.05) is 0 Å². The molecule has 1 nitrogen and oxygen atoms in total. The third kappa shape index (κ3) is 2.21. The van der Waals surface area contributed by atoms with Crippen LogP contribution in [0.2, 0.25) is 0 Å². The molecule has 0 amide bonds. The Morgan fingerprint density at radius 1 is 1.28 bits per heavy atom. The normalized spacial score (nSPS) is 30.8. The zero-order chi connectivity index (χ0) is 12.4. The van der Waals surface area contributed by atoms with Gasteiger partial charge in [0.25, 0.3) is 0 Å². The van der Waals surface area contributed by atoms with Gasteiger partial charge < -0.3 is 5.32 Å². The van der Waals surface area contributed by atoms with Crippen LogP contribution in [-0.4, -0.2) is 12.1 Å². The molecular weight excluding hydrogens is 218 g/mol. The SMILES string of the molecule is CCCCC1=C2CCCCC2NC2CC=CC=C12. The first-order valence-corrected chi connectivity index (χ1v) is 7.75. The monoisotopic (exact) mass is 243 g/mol. The molecule has 1 heteroatoms. The average Bonchev–Trinajstić information content (AvgIpc) is 2.43. The number of hydrogen-bond acceptors (Lipinski definition) is 1. The first-order chi connectivity index (χ1) is 8.90. The van der Waals surface area contributed by atoms with Crippen molar-refractivity contribution in [2.45, 2.75) is 70.4 Å². The van der Waals surface area contributed by atoms with E-state index >= 15 is 0 Å². The van der Waals surface area contributed by atoms with E-state index in [-0.39, 0.29) is 0 Å². The van der Waals surface area contributed by atoms with Crippen molar-refractivity contribution in [2.24, 2.45) is 0 Å². The van der Waals surface area contributed by atoms with Crippen molar-refractivity contribution >= 4 is 0 Å². The Bertz CT molecular complexity index is 400. The van der Waals surface area contributed by atoms with E-state index < -0.39 is 0 Å². The van der Waals surface area contributed by atoms with E-state index in [0.717, 1.165) is 0 Å². The molecule has 2 atom stereocenters. The van der Waals surface area contributed by atoms with Crippen molar-refractivity contribution in [1.82, 2.24) is 5.32 Å². The Morgan fingerprint density at radius 3 is 3.11 bits per heavy atom. The lowest BCUT2D eigenvalue weighted by molar-refractivity contribution is 0.397. The highest BCUT2D eigenvalue weighted by Gasteiger charge is 2.32. The molecular formula is C17H25N. The standard InChI is InChI=1S/C17H25N/c1-2-3-8-13-14-9-4-6-11-16(14)18-17-12-7-5-10-15(13)17/h4,6,9,16-18H,2-3,5,7-8,10-12H2,1H3. The summed E-state index contributed by atoms with van der Waals surface area (Å²) < 4.78 is 0. The average molecular weight is 243 g/mol. The molecule has 1 saturated carbocycles. The number of unbranched alkanes of at least 4 members (excludes halogenated alkanes) is 1. The minimum Gasteiger partial charge on any atom is -0.303 e. The molecule has 0 spiro atoms. The van der Waals surface area contributed by atoms with Gasteiger partial charge in [0.05, 0.1) is 0 Å². The van der Waals surface area contributed by atoms with Crippen LogP contribution in [0.5, 0.6) is 0 Å². The van der Waals surface area contributed by atoms with E-state index in [1.165, 1.54) is 51.4 Å². The lowest BCUT2D eigenvalue weighted by Gasteiger charge is -2.40. The van der Waals surface area contributed by atoms with E-state index in [1.54, 1.807) is 16.7 Å². The van der Waals surface area contributed by atoms with Crippen LogP contribution in [0.4, 0.5) is 0 Å². The molecule has 98 valence electrons. The molecule has 2 aliphatic carbocycles. The molecule has 0 radical (unpaired) electrons. The predicted molar refractivity (Wildman–Crippen MR) is 77.6 cm³/mol. The van der Waals surface area contributed by atoms with Crippen molar-refractivity contribution in [3.8, 4) is 0 Å². The van der Waals surface area contributed by atoms with Crippen LogP contribution in [0.3, 0.4) is 0 Å². The third-order valence-corrected chi connectivity index (χ3v) is 4.69. The summed E-state index contributed by atoms with van der Waals surface area (Å²) in [6.45, 7) is 2.30. The summed E-state index contributed by atoms with van der Waals surface area (Å²) in [5.74, 6) is 0. The molecule has 1 fully saturated rings. The maximum absolute atomic E-state index is 3.89. The molecule has 1 N–H and O–H groups in total. The van der Waals surface area contributed by atoms with Gasteiger partial charge in [-0.3, -0.25) is 0 Å². The summed E-state index contributed by atoms with van der Waals surface area (Å²) in [4.78, 5) is 0. The first-order valence-electron chi connectivity index (χ1n) is 7.75. The summed E-state index contributed by atoms with van der Waals surface area (Å²) in [5.41, 5.74) is 5.10. The van der Waals surface area contributed by atoms with Gasteiger partial charge in [-0.15, -0.1) is 0 Å². The fraction of sp³-hybridized carbons (Fsp3) is 0.647. The number of rotatable bonds is 3. The third-order valence-electron chi connectivity index (χ3n) is 4.69. The van der Waals surface area contributed by atoms with E-state index in [2.05, 4.69) is 30.5 Å². The zero-order valence-electron chi connectivity index (χ0n) is 11.5. The van der Waals surface area contributed by atoms with Crippen LogP contribution in [0, 0.1) is 0 Å². The maximum atomic E-state index is 3.89. The van der Waals surface area contributed by atoms with Crippen molar-refractivity contribution < 1.29 is 0 Å². The molecule has 3 aliphatic rings. The highest BCUT2D eigenvalue weighted by Crippen LogP contribution is 2.38. The summed E-state index contributed by atoms with van der Waals surface area (Å²) >= 11 is 0. The molecule has 1 heterocycles.